The molecule has 14 heavy (non-hydrogen) atoms. The summed E-state index contributed by atoms with van der Waals surface area (Å²) in [4.78, 5) is 17.8. The topological polar surface area (TPSA) is 33.2 Å². The van der Waals surface area contributed by atoms with Crippen LogP contribution in [0.15, 0.2) is 22.9 Å². The second kappa shape index (κ2) is 4.09. The van der Waals surface area contributed by atoms with Crippen LogP contribution >= 0.6 is 15.9 Å². The largest absolute Gasteiger partial charge is 0.339 e. The molecule has 0 atom stereocenters. The molecule has 0 saturated carbocycles. The highest BCUT2D eigenvalue weighted by Gasteiger charge is 2.21. The van der Waals surface area contributed by atoms with Gasteiger partial charge in [0.05, 0.1) is 5.56 Å². The van der Waals surface area contributed by atoms with Gasteiger partial charge in [0.2, 0.25) is 0 Å². The minimum absolute atomic E-state index is 0.0856. The summed E-state index contributed by atoms with van der Waals surface area (Å²) >= 11 is 3.29. The first-order chi connectivity index (χ1) is 6.79. The second-order valence-corrected chi connectivity index (χ2v) is 4.09. The molecule has 1 amide bonds. The lowest BCUT2D eigenvalue weighted by Gasteiger charge is -2.15. The summed E-state index contributed by atoms with van der Waals surface area (Å²) in [5.74, 6) is 0.0856. The Hall–Kier alpha value is -0.900. The number of carbonyl (C=O) groups excluding carboxylic acids is 1. The summed E-state index contributed by atoms with van der Waals surface area (Å²) in [7, 11) is 0. The van der Waals surface area contributed by atoms with Crippen molar-refractivity contribution in [1.29, 1.82) is 0 Å². The van der Waals surface area contributed by atoms with E-state index in [1.54, 1.807) is 18.3 Å². The SMILES string of the molecule is O=C(c1cccnc1Br)N1CCCC1. The van der Waals surface area contributed by atoms with Gasteiger partial charge in [-0.1, -0.05) is 0 Å². The molecule has 0 aromatic carbocycles. The highest BCUT2D eigenvalue weighted by molar-refractivity contribution is 9.10. The van der Waals surface area contributed by atoms with E-state index in [4.69, 9.17) is 0 Å². The fourth-order valence-electron chi connectivity index (χ4n) is 1.64. The predicted molar refractivity (Wildman–Crippen MR) is 57.1 cm³/mol. The van der Waals surface area contributed by atoms with Gasteiger partial charge in [-0.15, -0.1) is 0 Å². The van der Waals surface area contributed by atoms with E-state index >= 15 is 0 Å². The third-order valence-corrected chi connectivity index (χ3v) is 3.01. The molecule has 0 radical (unpaired) electrons. The van der Waals surface area contributed by atoms with Gasteiger partial charge >= 0.3 is 0 Å². The lowest BCUT2D eigenvalue weighted by atomic mass is 10.2. The first-order valence-electron chi connectivity index (χ1n) is 4.69. The first kappa shape index (κ1) is 9.65. The Morgan fingerprint density at radius 3 is 2.79 bits per heavy atom. The molecule has 0 aliphatic carbocycles. The van der Waals surface area contributed by atoms with Gasteiger partial charge in [0.15, 0.2) is 0 Å². The first-order valence-corrected chi connectivity index (χ1v) is 5.48. The Morgan fingerprint density at radius 1 is 1.43 bits per heavy atom. The van der Waals surface area contributed by atoms with Crippen molar-refractivity contribution >= 4 is 21.8 Å². The Balaban J connectivity index is 2.22. The van der Waals surface area contributed by atoms with E-state index in [1.165, 1.54) is 0 Å². The number of nitrogens with zero attached hydrogens (tertiary/aromatic N) is 2. The molecule has 74 valence electrons. The van der Waals surface area contributed by atoms with Crippen molar-refractivity contribution < 1.29 is 4.79 Å². The van der Waals surface area contributed by atoms with Gasteiger partial charge in [-0.05, 0) is 40.9 Å². The van der Waals surface area contributed by atoms with Crippen LogP contribution in [0.25, 0.3) is 0 Å². The molecule has 1 aromatic rings. The number of aromatic nitrogens is 1. The smallest absolute Gasteiger partial charge is 0.256 e. The molecule has 2 heterocycles. The van der Waals surface area contributed by atoms with Crippen molar-refractivity contribution in [3.63, 3.8) is 0 Å². The zero-order chi connectivity index (χ0) is 9.97. The maximum absolute atomic E-state index is 11.9. The molecule has 1 saturated heterocycles. The Labute approximate surface area is 91.3 Å². The van der Waals surface area contributed by atoms with E-state index in [9.17, 15) is 4.79 Å². The minimum atomic E-state index is 0.0856. The van der Waals surface area contributed by atoms with Crippen LogP contribution in [0.4, 0.5) is 0 Å². The fraction of sp³-hybridized carbons (Fsp3) is 0.400. The number of halogens is 1. The molecule has 1 fully saturated rings. The standard InChI is InChI=1S/C10H11BrN2O/c11-9-8(4-3-5-12-9)10(14)13-6-1-2-7-13/h3-5H,1-2,6-7H2. The zero-order valence-corrected chi connectivity index (χ0v) is 9.33. The van der Waals surface area contributed by atoms with Crippen molar-refractivity contribution in [3.05, 3.63) is 28.5 Å². The number of rotatable bonds is 1. The van der Waals surface area contributed by atoms with E-state index < -0.39 is 0 Å². The van der Waals surface area contributed by atoms with Crippen LogP contribution in [-0.4, -0.2) is 28.9 Å². The normalized spacial score (nSPS) is 15.9. The van der Waals surface area contributed by atoms with E-state index in [0.717, 1.165) is 25.9 Å². The average molecular weight is 255 g/mol. The molecule has 0 unspecified atom stereocenters. The number of pyridine rings is 1. The summed E-state index contributed by atoms with van der Waals surface area (Å²) in [6, 6.07) is 3.59. The molecular formula is C10H11BrN2O. The van der Waals surface area contributed by atoms with Gasteiger partial charge in [0.1, 0.15) is 4.60 Å². The van der Waals surface area contributed by atoms with Gasteiger partial charge in [-0.25, -0.2) is 4.98 Å². The van der Waals surface area contributed by atoms with Gasteiger partial charge in [0.25, 0.3) is 5.91 Å². The van der Waals surface area contributed by atoms with Gasteiger partial charge < -0.3 is 4.90 Å². The monoisotopic (exact) mass is 254 g/mol. The Bertz CT molecular complexity index is 348. The van der Waals surface area contributed by atoms with Crippen LogP contribution in [0.1, 0.15) is 23.2 Å². The Kier molecular flexibility index (Phi) is 2.82. The van der Waals surface area contributed by atoms with Gasteiger partial charge in [0, 0.05) is 19.3 Å². The quantitative estimate of drug-likeness (QED) is 0.720. The number of carbonyl (C=O) groups is 1. The van der Waals surface area contributed by atoms with E-state index in [1.807, 2.05) is 4.90 Å². The van der Waals surface area contributed by atoms with Crippen LogP contribution in [0.5, 0.6) is 0 Å². The maximum Gasteiger partial charge on any atom is 0.256 e. The van der Waals surface area contributed by atoms with Crippen molar-refractivity contribution in [2.45, 2.75) is 12.8 Å². The van der Waals surface area contributed by atoms with Crippen molar-refractivity contribution in [1.82, 2.24) is 9.88 Å². The molecule has 3 nitrogen and oxygen atoms in total. The highest BCUT2D eigenvalue weighted by atomic mass is 79.9. The van der Waals surface area contributed by atoms with Gasteiger partial charge in [-0.2, -0.15) is 0 Å². The van der Waals surface area contributed by atoms with E-state index in [2.05, 4.69) is 20.9 Å². The molecule has 1 aliphatic rings. The molecule has 2 rings (SSSR count). The average Bonchev–Trinajstić information content (AvgIpc) is 2.70. The molecular weight excluding hydrogens is 244 g/mol. The molecule has 0 bridgehead atoms. The van der Waals surface area contributed by atoms with Crippen LogP contribution in [0.2, 0.25) is 0 Å². The van der Waals surface area contributed by atoms with Crippen molar-refractivity contribution in [3.8, 4) is 0 Å². The maximum atomic E-state index is 11.9. The van der Waals surface area contributed by atoms with E-state index in [0.29, 0.717) is 10.2 Å². The van der Waals surface area contributed by atoms with Crippen LogP contribution in [0.3, 0.4) is 0 Å². The lowest BCUT2D eigenvalue weighted by molar-refractivity contribution is 0.0791. The fourth-order valence-corrected chi connectivity index (χ4v) is 2.06. The summed E-state index contributed by atoms with van der Waals surface area (Å²) < 4.78 is 0.636. The van der Waals surface area contributed by atoms with E-state index in [-0.39, 0.29) is 5.91 Å². The summed E-state index contributed by atoms with van der Waals surface area (Å²) in [5.41, 5.74) is 0.661. The molecule has 0 spiro atoms. The molecule has 1 aromatic heterocycles. The summed E-state index contributed by atoms with van der Waals surface area (Å²) in [6.45, 7) is 1.75. The van der Waals surface area contributed by atoms with Crippen LogP contribution < -0.4 is 0 Å². The molecule has 4 heteroatoms. The second-order valence-electron chi connectivity index (χ2n) is 3.34. The van der Waals surface area contributed by atoms with Crippen molar-refractivity contribution in [2.24, 2.45) is 0 Å². The Morgan fingerprint density at radius 2 is 2.14 bits per heavy atom. The predicted octanol–water partition coefficient (Wildman–Crippen LogP) is 2.08. The number of likely N-dealkylation sites (tertiary alicyclic amines) is 1. The molecule has 1 aliphatic heterocycles. The zero-order valence-electron chi connectivity index (χ0n) is 7.74. The summed E-state index contributed by atoms with van der Waals surface area (Å²) in [6.07, 6.45) is 3.90. The number of hydrogen-bond donors (Lipinski definition) is 0. The molecule has 0 N–H and O–H groups in total. The highest BCUT2D eigenvalue weighted by Crippen LogP contribution is 2.18. The number of amides is 1. The summed E-state index contributed by atoms with van der Waals surface area (Å²) in [5, 5.41) is 0. The van der Waals surface area contributed by atoms with Crippen LogP contribution in [-0.2, 0) is 0 Å². The van der Waals surface area contributed by atoms with Crippen LogP contribution in [0, 0.1) is 0 Å². The number of hydrogen-bond acceptors (Lipinski definition) is 2. The minimum Gasteiger partial charge on any atom is -0.339 e. The van der Waals surface area contributed by atoms with Gasteiger partial charge in [-0.3, -0.25) is 4.79 Å². The van der Waals surface area contributed by atoms with Crippen molar-refractivity contribution in [2.75, 3.05) is 13.1 Å². The third-order valence-electron chi connectivity index (χ3n) is 2.38. The lowest BCUT2D eigenvalue weighted by Crippen LogP contribution is -2.27. The third kappa shape index (κ3) is 1.80.